The number of rotatable bonds is 5. The highest BCUT2D eigenvalue weighted by Gasteiger charge is 2.06. The maximum Gasteiger partial charge on any atom is 0.338 e. The zero-order valence-electron chi connectivity index (χ0n) is 9.95. The Balaban J connectivity index is 2.61. The summed E-state index contributed by atoms with van der Waals surface area (Å²) in [5, 5.41) is 5.44. The minimum atomic E-state index is -0.361. The Bertz CT molecular complexity index is 387. The number of nitrogens with one attached hydrogen (secondary N) is 2. The van der Waals surface area contributed by atoms with Gasteiger partial charge in [-0.25, -0.2) is 4.79 Å². The van der Waals surface area contributed by atoms with Crippen molar-refractivity contribution in [2.75, 3.05) is 25.5 Å². The number of likely N-dealkylation sites (N-methyl/N-ethyl adjacent to an activating group) is 1. The van der Waals surface area contributed by atoms with Gasteiger partial charge < -0.3 is 15.4 Å². The Morgan fingerprint density at radius 3 is 2.41 bits per heavy atom. The summed E-state index contributed by atoms with van der Waals surface area (Å²) in [5.41, 5.74) is 1.12. The van der Waals surface area contributed by atoms with Gasteiger partial charge in [-0.2, -0.15) is 0 Å². The quantitative estimate of drug-likeness (QED) is 0.749. The van der Waals surface area contributed by atoms with Crippen LogP contribution in [-0.4, -0.2) is 32.1 Å². The molecule has 5 heteroatoms. The van der Waals surface area contributed by atoms with E-state index in [9.17, 15) is 9.59 Å². The highest BCUT2D eigenvalue weighted by molar-refractivity contribution is 5.93. The van der Waals surface area contributed by atoms with Crippen LogP contribution in [0.15, 0.2) is 24.3 Å². The van der Waals surface area contributed by atoms with E-state index < -0.39 is 0 Å². The zero-order chi connectivity index (χ0) is 12.7. The second kappa shape index (κ2) is 6.65. The summed E-state index contributed by atoms with van der Waals surface area (Å²) in [6.07, 6.45) is 0. The summed E-state index contributed by atoms with van der Waals surface area (Å²) < 4.78 is 4.85. The fourth-order valence-corrected chi connectivity index (χ4v) is 1.27. The first kappa shape index (κ1) is 13.2. The van der Waals surface area contributed by atoms with E-state index in [1.54, 1.807) is 38.2 Å². The van der Waals surface area contributed by atoms with Crippen molar-refractivity contribution in [2.24, 2.45) is 0 Å². The number of hydrogen-bond acceptors (Lipinski definition) is 4. The molecule has 0 saturated carbocycles. The van der Waals surface area contributed by atoms with E-state index >= 15 is 0 Å². The molecule has 0 aliphatic carbocycles. The lowest BCUT2D eigenvalue weighted by Gasteiger charge is -2.06. The third-order valence-electron chi connectivity index (χ3n) is 2.02. The van der Waals surface area contributed by atoms with E-state index in [0.29, 0.717) is 17.9 Å². The molecule has 0 aliphatic rings. The molecule has 92 valence electrons. The predicted molar refractivity (Wildman–Crippen MR) is 65.0 cm³/mol. The van der Waals surface area contributed by atoms with Crippen LogP contribution in [0, 0.1) is 0 Å². The van der Waals surface area contributed by atoms with Crippen LogP contribution < -0.4 is 10.6 Å². The van der Waals surface area contributed by atoms with Crippen LogP contribution in [-0.2, 0) is 9.53 Å². The largest absolute Gasteiger partial charge is 0.462 e. The summed E-state index contributed by atoms with van der Waals surface area (Å²) in [6.45, 7) is 2.35. The second-order valence-corrected chi connectivity index (χ2v) is 3.38. The Kier molecular flexibility index (Phi) is 5.16. The highest BCUT2D eigenvalue weighted by Crippen LogP contribution is 2.10. The molecule has 0 heterocycles. The van der Waals surface area contributed by atoms with Crippen molar-refractivity contribution >= 4 is 17.6 Å². The van der Waals surface area contributed by atoms with Crippen molar-refractivity contribution < 1.29 is 14.3 Å². The Hall–Kier alpha value is -1.88. The van der Waals surface area contributed by atoms with Gasteiger partial charge in [0.25, 0.3) is 0 Å². The third kappa shape index (κ3) is 4.24. The molecule has 1 aromatic rings. The maximum absolute atomic E-state index is 11.4. The molecule has 0 atom stereocenters. The molecule has 0 saturated heterocycles. The maximum atomic E-state index is 11.4. The van der Waals surface area contributed by atoms with Gasteiger partial charge in [0, 0.05) is 5.69 Å². The number of anilines is 1. The van der Waals surface area contributed by atoms with Crippen molar-refractivity contribution in [1.82, 2.24) is 5.32 Å². The molecule has 0 spiro atoms. The Labute approximate surface area is 100 Å². The number of amides is 1. The summed E-state index contributed by atoms with van der Waals surface area (Å²) in [4.78, 5) is 22.6. The van der Waals surface area contributed by atoms with Gasteiger partial charge >= 0.3 is 5.97 Å². The number of ether oxygens (including phenoxy) is 1. The predicted octanol–water partition coefficient (Wildman–Crippen LogP) is 1.02. The van der Waals surface area contributed by atoms with Crippen molar-refractivity contribution in [3.05, 3.63) is 29.8 Å². The fourth-order valence-electron chi connectivity index (χ4n) is 1.27. The van der Waals surface area contributed by atoms with Gasteiger partial charge in [0.15, 0.2) is 0 Å². The molecule has 0 bridgehead atoms. The van der Waals surface area contributed by atoms with E-state index in [-0.39, 0.29) is 18.4 Å². The summed E-state index contributed by atoms with van der Waals surface area (Å²) in [6, 6.07) is 6.57. The molecule has 2 N–H and O–H groups in total. The standard InChI is InChI=1S/C12H16N2O3/c1-3-17-12(16)9-4-6-10(7-5-9)14-11(15)8-13-2/h4-7,13H,3,8H2,1-2H3,(H,14,15). The molecule has 1 aromatic carbocycles. The average molecular weight is 236 g/mol. The van der Waals surface area contributed by atoms with Crippen molar-refractivity contribution in [2.45, 2.75) is 6.92 Å². The van der Waals surface area contributed by atoms with Crippen molar-refractivity contribution in [3.63, 3.8) is 0 Å². The van der Waals surface area contributed by atoms with E-state index in [0.717, 1.165) is 0 Å². The first-order chi connectivity index (χ1) is 8.17. The second-order valence-electron chi connectivity index (χ2n) is 3.38. The monoisotopic (exact) mass is 236 g/mol. The van der Waals surface area contributed by atoms with Gasteiger partial charge in [-0.05, 0) is 38.2 Å². The van der Waals surface area contributed by atoms with E-state index in [1.165, 1.54) is 0 Å². The minimum absolute atomic E-state index is 0.128. The van der Waals surface area contributed by atoms with Gasteiger partial charge in [-0.1, -0.05) is 0 Å². The van der Waals surface area contributed by atoms with Crippen LogP contribution in [0.4, 0.5) is 5.69 Å². The van der Waals surface area contributed by atoms with Crippen LogP contribution in [0.25, 0.3) is 0 Å². The summed E-state index contributed by atoms with van der Waals surface area (Å²) in [5.74, 6) is -0.489. The molecule has 17 heavy (non-hydrogen) atoms. The molecule has 0 aromatic heterocycles. The van der Waals surface area contributed by atoms with Gasteiger partial charge in [0.05, 0.1) is 18.7 Å². The van der Waals surface area contributed by atoms with Gasteiger partial charge in [0.1, 0.15) is 0 Å². The molecule has 1 rings (SSSR count). The van der Waals surface area contributed by atoms with Gasteiger partial charge in [0.2, 0.25) is 5.91 Å². The van der Waals surface area contributed by atoms with Crippen LogP contribution in [0.1, 0.15) is 17.3 Å². The molecule has 0 fully saturated rings. The Morgan fingerprint density at radius 1 is 1.24 bits per heavy atom. The first-order valence-corrected chi connectivity index (χ1v) is 5.39. The number of benzene rings is 1. The lowest BCUT2D eigenvalue weighted by Crippen LogP contribution is -2.25. The summed E-state index contributed by atoms with van der Waals surface area (Å²) >= 11 is 0. The van der Waals surface area contributed by atoms with Crippen LogP contribution in [0.3, 0.4) is 0 Å². The van der Waals surface area contributed by atoms with Gasteiger partial charge in [-0.15, -0.1) is 0 Å². The lowest BCUT2D eigenvalue weighted by atomic mass is 10.2. The van der Waals surface area contributed by atoms with Crippen LogP contribution in [0.2, 0.25) is 0 Å². The Morgan fingerprint density at radius 2 is 1.88 bits per heavy atom. The number of hydrogen-bond donors (Lipinski definition) is 2. The molecule has 0 radical (unpaired) electrons. The number of carbonyl (C=O) groups excluding carboxylic acids is 2. The number of carbonyl (C=O) groups is 2. The van der Waals surface area contributed by atoms with E-state index in [4.69, 9.17) is 4.74 Å². The van der Waals surface area contributed by atoms with Crippen molar-refractivity contribution in [1.29, 1.82) is 0 Å². The third-order valence-corrected chi connectivity index (χ3v) is 2.02. The van der Waals surface area contributed by atoms with Crippen molar-refractivity contribution in [3.8, 4) is 0 Å². The lowest BCUT2D eigenvalue weighted by molar-refractivity contribution is -0.115. The highest BCUT2D eigenvalue weighted by atomic mass is 16.5. The normalized spacial score (nSPS) is 9.76. The summed E-state index contributed by atoms with van der Waals surface area (Å²) in [7, 11) is 1.70. The SMILES string of the molecule is CCOC(=O)c1ccc(NC(=O)CNC)cc1. The first-order valence-electron chi connectivity index (χ1n) is 5.39. The molecule has 0 unspecified atom stereocenters. The smallest absolute Gasteiger partial charge is 0.338 e. The molecule has 1 amide bonds. The molecular weight excluding hydrogens is 220 g/mol. The van der Waals surface area contributed by atoms with E-state index in [2.05, 4.69) is 10.6 Å². The topological polar surface area (TPSA) is 67.4 Å². The van der Waals surface area contributed by atoms with E-state index in [1.807, 2.05) is 0 Å². The average Bonchev–Trinajstić information content (AvgIpc) is 2.30. The zero-order valence-corrected chi connectivity index (χ0v) is 9.95. The number of esters is 1. The molecule has 5 nitrogen and oxygen atoms in total. The minimum Gasteiger partial charge on any atom is -0.462 e. The fraction of sp³-hybridized carbons (Fsp3) is 0.333. The van der Waals surface area contributed by atoms with Gasteiger partial charge in [-0.3, -0.25) is 4.79 Å². The molecule has 0 aliphatic heterocycles. The van der Waals surface area contributed by atoms with Crippen LogP contribution >= 0.6 is 0 Å². The van der Waals surface area contributed by atoms with Crippen LogP contribution in [0.5, 0.6) is 0 Å². The molecular formula is C12H16N2O3.